The Hall–Kier alpha value is -1.16. The Morgan fingerprint density at radius 2 is 2.00 bits per heavy atom. The van der Waals surface area contributed by atoms with Crippen LogP contribution in [0.2, 0.25) is 0 Å². The highest BCUT2D eigenvalue weighted by Crippen LogP contribution is 2.11. The normalized spacial score (nSPS) is 14.3. The van der Waals surface area contributed by atoms with E-state index in [1.54, 1.807) is 38.1 Å². The number of hydrogen-bond acceptors (Lipinski definition) is 3. The van der Waals surface area contributed by atoms with Crippen LogP contribution in [-0.2, 0) is 20.3 Å². The number of esters is 1. The van der Waals surface area contributed by atoms with Crippen LogP contribution in [0, 0.1) is 0 Å². The number of rotatable bonds is 4. The Kier molecular flexibility index (Phi) is 4.49. The molecule has 0 aromatic heterocycles. The fraction of sp³-hybridized carbons (Fsp3) is 0.364. The van der Waals surface area contributed by atoms with Gasteiger partial charge in [-0.2, -0.15) is 0 Å². The molecule has 2 atom stereocenters. The molecule has 1 aromatic carbocycles. The van der Waals surface area contributed by atoms with Gasteiger partial charge in [-0.1, -0.05) is 18.2 Å². The molecule has 2 unspecified atom stereocenters. The van der Waals surface area contributed by atoms with Crippen LogP contribution in [0.5, 0.6) is 0 Å². The summed E-state index contributed by atoms with van der Waals surface area (Å²) in [6.45, 7) is 3.66. The summed E-state index contributed by atoms with van der Waals surface area (Å²) in [5.41, 5.74) is 0. The SMILES string of the molecule is CCOC(=O)C(C)S(=O)[13c]1ccc[13cH][13cH]1. The van der Waals surface area contributed by atoms with E-state index in [1.807, 2.05) is 6.07 Å². The van der Waals surface area contributed by atoms with Crippen LogP contribution >= 0.6 is 0 Å². The van der Waals surface area contributed by atoms with E-state index < -0.39 is 22.0 Å². The summed E-state index contributed by atoms with van der Waals surface area (Å²) < 4.78 is 16.7. The molecule has 0 fully saturated rings. The minimum atomic E-state index is -1.33. The van der Waals surface area contributed by atoms with Crippen LogP contribution < -0.4 is 0 Å². The second kappa shape index (κ2) is 5.66. The average Bonchev–Trinajstić information content (AvgIpc) is 2.28. The molecule has 3 nitrogen and oxygen atoms in total. The van der Waals surface area contributed by atoms with Gasteiger partial charge in [0.05, 0.1) is 17.4 Å². The van der Waals surface area contributed by atoms with Gasteiger partial charge in [0.1, 0.15) is 5.25 Å². The second-order valence-corrected chi connectivity index (χ2v) is 4.78. The summed E-state index contributed by atoms with van der Waals surface area (Å²) in [7, 11) is -1.33. The Morgan fingerprint density at radius 1 is 1.40 bits per heavy atom. The van der Waals surface area contributed by atoms with Crippen molar-refractivity contribution in [2.24, 2.45) is 0 Å². The average molecular weight is 229 g/mol. The van der Waals surface area contributed by atoms with Gasteiger partial charge in [-0.15, -0.1) is 0 Å². The van der Waals surface area contributed by atoms with E-state index in [0.29, 0.717) is 11.5 Å². The van der Waals surface area contributed by atoms with Crippen LogP contribution in [0.4, 0.5) is 0 Å². The number of carbonyl (C=O) groups excluding carboxylic acids is 1. The molecule has 0 aliphatic rings. The van der Waals surface area contributed by atoms with Gasteiger partial charge in [0.15, 0.2) is 0 Å². The molecule has 4 heteroatoms. The first-order chi connectivity index (χ1) is 7.16. The number of carbonyl (C=O) groups is 1. The Balaban J connectivity index is 2.73. The van der Waals surface area contributed by atoms with Crippen molar-refractivity contribution in [2.75, 3.05) is 6.61 Å². The van der Waals surface area contributed by atoms with Crippen LogP contribution in [0.3, 0.4) is 0 Å². The lowest BCUT2D eigenvalue weighted by molar-refractivity contribution is -0.142. The molecule has 15 heavy (non-hydrogen) atoms. The zero-order chi connectivity index (χ0) is 11.3. The maximum Gasteiger partial charge on any atom is 0.321 e. The molecule has 0 spiro atoms. The van der Waals surface area contributed by atoms with Crippen molar-refractivity contribution in [3.05, 3.63) is 30.3 Å². The molecule has 0 aliphatic carbocycles. The first-order valence-electron chi connectivity index (χ1n) is 4.79. The molecule has 0 amide bonds. The zero-order valence-electron chi connectivity index (χ0n) is 8.80. The highest BCUT2D eigenvalue weighted by Gasteiger charge is 2.22. The molecule has 0 heterocycles. The van der Waals surface area contributed by atoms with Crippen LogP contribution in [0.1, 0.15) is 13.8 Å². The topological polar surface area (TPSA) is 43.4 Å². The quantitative estimate of drug-likeness (QED) is 0.739. The van der Waals surface area contributed by atoms with Crippen LogP contribution in [-0.4, -0.2) is 22.0 Å². The van der Waals surface area contributed by atoms with E-state index in [9.17, 15) is 9.00 Å². The third-order valence-electron chi connectivity index (χ3n) is 1.92. The molecule has 0 aliphatic heterocycles. The predicted octanol–water partition coefficient (Wildman–Crippen LogP) is 1.75. The first-order valence-corrected chi connectivity index (χ1v) is 6.00. The van der Waals surface area contributed by atoms with Gasteiger partial charge in [0.2, 0.25) is 0 Å². The highest BCUT2D eigenvalue weighted by molar-refractivity contribution is 7.86. The molecule has 1 aromatic rings. The third-order valence-corrected chi connectivity index (χ3v) is 3.49. The fourth-order valence-electron chi connectivity index (χ4n) is 1.11. The standard InChI is InChI=1S/C11H14O3S/c1-3-14-11(12)9(2)15(13)10-7-5-4-6-8-10/h4-9H,3H2,1-2H3/i5+1,7+1,10+1. The molecule has 0 saturated heterocycles. The van der Waals surface area contributed by atoms with Gasteiger partial charge in [0, 0.05) is 4.90 Å². The summed E-state index contributed by atoms with van der Waals surface area (Å²) in [5.74, 6) is -0.417. The van der Waals surface area contributed by atoms with Crippen LogP contribution in [0.25, 0.3) is 0 Å². The molecule has 0 bridgehead atoms. The van der Waals surface area contributed by atoms with Crippen molar-refractivity contribution in [1.29, 1.82) is 0 Å². The minimum absolute atomic E-state index is 0.315. The Labute approximate surface area is 91.9 Å². The van der Waals surface area contributed by atoms with Gasteiger partial charge in [-0.3, -0.25) is 9.00 Å². The second-order valence-electron chi connectivity index (χ2n) is 3.00. The van der Waals surface area contributed by atoms with Crippen molar-refractivity contribution in [1.82, 2.24) is 0 Å². The third kappa shape index (κ3) is 3.16. The van der Waals surface area contributed by atoms with E-state index in [1.165, 1.54) is 0 Å². The lowest BCUT2D eigenvalue weighted by atomic mass is 10.5. The highest BCUT2D eigenvalue weighted by atomic mass is 32.2. The van der Waals surface area contributed by atoms with Gasteiger partial charge < -0.3 is 4.74 Å². The first kappa shape index (κ1) is 11.9. The van der Waals surface area contributed by atoms with E-state index in [0.717, 1.165) is 0 Å². The Bertz CT molecular complexity index is 348. The summed E-state index contributed by atoms with van der Waals surface area (Å²) in [4.78, 5) is 12.0. The smallest absolute Gasteiger partial charge is 0.321 e. The largest absolute Gasteiger partial charge is 0.465 e. The van der Waals surface area contributed by atoms with Gasteiger partial charge in [0.25, 0.3) is 0 Å². The lowest BCUT2D eigenvalue weighted by Crippen LogP contribution is -2.24. The molecule has 0 saturated carbocycles. The lowest BCUT2D eigenvalue weighted by Gasteiger charge is -2.09. The van der Waals surface area contributed by atoms with Crippen LogP contribution in [0.15, 0.2) is 35.2 Å². The summed E-state index contributed by atoms with van der Waals surface area (Å²) in [6.07, 6.45) is 0. The Morgan fingerprint density at radius 3 is 2.53 bits per heavy atom. The van der Waals surface area contributed by atoms with E-state index >= 15 is 0 Å². The van der Waals surface area contributed by atoms with Crippen molar-refractivity contribution in [3.8, 4) is 0 Å². The van der Waals surface area contributed by atoms with E-state index in [-0.39, 0.29) is 0 Å². The van der Waals surface area contributed by atoms with Crippen molar-refractivity contribution in [2.45, 2.75) is 24.0 Å². The fourth-order valence-corrected chi connectivity index (χ4v) is 2.18. The maximum atomic E-state index is 11.9. The summed E-state index contributed by atoms with van der Waals surface area (Å²) in [6, 6.07) is 8.92. The van der Waals surface area contributed by atoms with Crippen molar-refractivity contribution in [3.63, 3.8) is 0 Å². The number of hydrogen-bond donors (Lipinski definition) is 0. The maximum absolute atomic E-state index is 11.9. The summed E-state index contributed by atoms with van der Waals surface area (Å²) in [5, 5.41) is -0.618. The predicted molar refractivity (Wildman–Crippen MR) is 58.9 cm³/mol. The molecule has 82 valence electrons. The van der Waals surface area contributed by atoms with Gasteiger partial charge in [-0.25, -0.2) is 0 Å². The zero-order valence-corrected chi connectivity index (χ0v) is 9.62. The van der Waals surface area contributed by atoms with Gasteiger partial charge >= 0.3 is 5.97 Å². The molecular formula is C11H14O3S. The van der Waals surface area contributed by atoms with Crippen molar-refractivity contribution < 1.29 is 13.7 Å². The summed E-state index contributed by atoms with van der Waals surface area (Å²) >= 11 is 0. The van der Waals surface area contributed by atoms with E-state index in [2.05, 4.69) is 0 Å². The molecule has 1 rings (SSSR count). The minimum Gasteiger partial charge on any atom is -0.465 e. The molecular weight excluding hydrogens is 215 g/mol. The van der Waals surface area contributed by atoms with Gasteiger partial charge in [-0.05, 0) is 26.0 Å². The van der Waals surface area contributed by atoms with Crippen molar-refractivity contribution >= 4 is 16.8 Å². The number of ether oxygens (including phenoxy) is 1. The monoisotopic (exact) mass is 229 g/mol. The number of benzene rings is 1. The molecule has 0 N–H and O–H groups in total. The van der Waals surface area contributed by atoms with E-state index in [4.69, 9.17) is 4.74 Å². The molecule has 0 radical (unpaired) electrons.